The predicted octanol–water partition coefficient (Wildman–Crippen LogP) is 2.97. The molecule has 3 heteroatoms. The van der Waals surface area contributed by atoms with Gasteiger partial charge in [-0.3, -0.25) is 4.79 Å². The van der Waals surface area contributed by atoms with Crippen molar-refractivity contribution in [2.24, 2.45) is 5.41 Å². The van der Waals surface area contributed by atoms with Crippen molar-refractivity contribution in [1.29, 1.82) is 0 Å². The van der Waals surface area contributed by atoms with Crippen molar-refractivity contribution in [3.8, 4) is 0 Å². The monoisotopic (exact) mass is 236 g/mol. The van der Waals surface area contributed by atoms with Crippen LogP contribution in [0.1, 0.15) is 37.0 Å². The van der Waals surface area contributed by atoms with Crippen LogP contribution in [-0.2, 0) is 24.1 Å². The molecular weight excluding hydrogens is 219 g/mol. The molecule has 0 saturated heterocycles. The van der Waals surface area contributed by atoms with Crippen LogP contribution in [0.25, 0.3) is 0 Å². The Morgan fingerprint density at radius 3 is 2.53 bits per heavy atom. The topological polar surface area (TPSA) is 37.3 Å². The van der Waals surface area contributed by atoms with E-state index in [-0.39, 0.29) is 12.2 Å². The number of benzene rings is 1. The molecule has 0 aromatic heterocycles. The number of aliphatic carboxylic acids is 1. The maximum Gasteiger partial charge on any atom is 0.309 e. The van der Waals surface area contributed by atoms with E-state index < -0.39 is 11.4 Å². The van der Waals surface area contributed by atoms with Gasteiger partial charge in [0, 0.05) is 0 Å². The second-order valence-electron chi connectivity index (χ2n) is 5.43. The van der Waals surface area contributed by atoms with Gasteiger partial charge in [-0.1, -0.05) is 6.07 Å². The second kappa shape index (κ2) is 4.13. The van der Waals surface area contributed by atoms with Gasteiger partial charge in [-0.2, -0.15) is 0 Å². The fourth-order valence-electron chi connectivity index (χ4n) is 2.33. The lowest BCUT2D eigenvalue weighted by Gasteiger charge is -2.20. The molecule has 0 aliphatic heterocycles. The van der Waals surface area contributed by atoms with E-state index in [0.29, 0.717) is 5.56 Å². The van der Waals surface area contributed by atoms with Gasteiger partial charge in [0.05, 0.1) is 5.41 Å². The molecule has 0 radical (unpaired) electrons. The van der Waals surface area contributed by atoms with Crippen molar-refractivity contribution in [2.45, 2.75) is 39.5 Å². The predicted molar refractivity (Wildman–Crippen MR) is 63.5 cm³/mol. The number of hydrogen-bond donors (Lipinski definition) is 1. The van der Waals surface area contributed by atoms with Crippen molar-refractivity contribution >= 4 is 5.97 Å². The Hall–Kier alpha value is -1.38. The summed E-state index contributed by atoms with van der Waals surface area (Å²) < 4.78 is 13.8. The van der Waals surface area contributed by atoms with E-state index in [1.165, 1.54) is 5.56 Å². The summed E-state index contributed by atoms with van der Waals surface area (Å²) in [5, 5.41) is 9.06. The van der Waals surface area contributed by atoms with Crippen LogP contribution in [0.5, 0.6) is 0 Å². The second-order valence-corrected chi connectivity index (χ2v) is 5.43. The molecule has 0 bridgehead atoms. The fraction of sp³-hybridized carbons (Fsp3) is 0.500. The van der Waals surface area contributed by atoms with E-state index in [1.807, 2.05) is 6.07 Å². The van der Waals surface area contributed by atoms with Gasteiger partial charge in [0.2, 0.25) is 0 Å². The number of carbonyl (C=O) groups is 1. The average Bonchev–Trinajstić information content (AvgIpc) is 2.64. The number of aryl methyl sites for hydroxylation is 2. The third kappa shape index (κ3) is 2.33. The molecule has 2 rings (SSSR count). The molecule has 1 aliphatic rings. The number of hydrogen-bond acceptors (Lipinski definition) is 1. The number of rotatable bonds is 3. The zero-order valence-electron chi connectivity index (χ0n) is 10.2. The molecule has 1 aromatic rings. The molecule has 0 fully saturated rings. The first-order valence-corrected chi connectivity index (χ1v) is 5.94. The number of fused-ring (bicyclic) bond motifs is 1. The van der Waals surface area contributed by atoms with Crippen molar-refractivity contribution in [3.63, 3.8) is 0 Å². The van der Waals surface area contributed by atoms with Gasteiger partial charge in [0.25, 0.3) is 0 Å². The lowest BCUT2D eigenvalue weighted by Crippen LogP contribution is -2.26. The maximum absolute atomic E-state index is 13.8. The van der Waals surface area contributed by atoms with E-state index in [2.05, 4.69) is 0 Å². The normalized spacial score (nSPS) is 14.8. The molecule has 2 nitrogen and oxygen atoms in total. The van der Waals surface area contributed by atoms with Crippen molar-refractivity contribution in [2.75, 3.05) is 0 Å². The molecule has 0 spiro atoms. The van der Waals surface area contributed by atoms with Gasteiger partial charge in [0.1, 0.15) is 5.82 Å². The SMILES string of the molecule is CC(C)(Cc1cc2c(cc1F)CCC2)C(=O)O. The van der Waals surface area contributed by atoms with E-state index >= 15 is 0 Å². The molecule has 17 heavy (non-hydrogen) atoms. The van der Waals surface area contributed by atoms with Gasteiger partial charge in [-0.25, -0.2) is 4.39 Å². The van der Waals surface area contributed by atoms with Crippen LogP contribution < -0.4 is 0 Å². The minimum absolute atomic E-state index is 0.238. The summed E-state index contributed by atoms with van der Waals surface area (Å²) >= 11 is 0. The minimum Gasteiger partial charge on any atom is -0.481 e. The highest BCUT2D eigenvalue weighted by Crippen LogP contribution is 2.29. The average molecular weight is 236 g/mol. The fourth-order valence-corrected chi connectivity index (χ4v) is 2.33. The first-order chi connectivity index (χ1) is 7.90. The first kappa shape index (κ1) is 12.1. The molecule has 0 heterocycles. The molecule has 0 atom stereocenters. The van der Waals surface area contributed by atoms with Gasteiger partial charge in [-0.05, 0) is 62.3 Å². The summed E-state index contributed by atoms with van der Waals surface area (Å²) in [6.45, 7) is 3.25. The Bertz CT molecular complexity index is 464. The molecule has 92 valence electrons. The Balaban J connectivity index is 2.31. The van der Waals surface area contributed by atoms with Gasteiger partial charge < -0.3 is 5.11 Å². The third-order valence-corrected chi connectivity index (χ3v) is 3.47. The summed E-state index contributed by atoms with van der Waals surface area (Å²) in [6.07, 6.45) is 3.23. The van der Waals surface area contributed by atoms with Crippen LogP contribution in [-0.4, -0.2) is 11.1 Å². The van der Waals surface area contributed by atoms with Crippen molar-refractivity contribution in [3.05, 3.63) is 34.6 Å². The quantitative estimate of drug-likeness (QED) is 0.876. The smallest absolute Gasteiger partial charge is 0.309 e. The van der Waals surface area contributed by atoms with E-state index in [4.69, 9.17) is 5.11 Å². The maximum atomic E-state index is 13.8. The number of carboxylic acids is 1. The highest BCUT2D eigenvalue weighted by molar-refractivity contribution is 5.74. The van der Waals surface area contributed by atoms with E-state index in [0.717, 1.165) is 24.8 Å². The first-order valence-electron chi connectivity index (χ1n) is 5.94. The van der Waals surface area contributed by atoms with Crippen LogP contribution in [0, 0.1) is 11.2 Å². The lowest BCUT2D eigenvalue weighted by molar-refractivity contribution is -0.146. The largest absolute Gasteiger partial charge is 0.481 e. The molecular formula is C14H17FO2. The molecule has 0 unspecified atom stereocenters. The zero-order valence-corrected chi connectivity index (χ0v) is 10.2. The molecule has 1 N–H and O–H groups in total. The minimum atomic E-state index is -0.923. The summed E-state index contributed by atoms with van der Waals surface area (Å²) in [5.74, 6) is -1.16. The van der Waals surface area contributed by atoms with Gasteiger partial charge >= 0.3 is 5.97 Å². The highest BCUT2D eigenvalue weighted by atomic mass is 19.1. The van der Waals surface area contributed by atoms with Crippen LogP contribution in [0.4, 0.5) is 4.39 Å². The Morgan fingerprint density at radius 2 is 1.94 bits per heavy atom. The van der Waals surface area contributed by atoms with Crippen LogP contribution in [0.2, 0.25) is 0 Å². The summed E-state index contributed by atoms with van der Waals surface area (Å²) in [7, 11) is 0. The lowest BCUT2D eigenvalue weighted by atomic mass is 9.85. The van der Waals surface area contributed by atoms with Gasteiger partial charge in [-0.15, -0.1) is 0 Å². The van der Waals surface area contributed by atoms with Gasteiger partial charge in [0.15, 0.2) is 0 Å². The molecule has 1 aromatic carbocycles. The third-order valence-electron chi connectivity index (χ3n) is 3.47. The number of halogens is 1. The van der Waals surface area contributed by atoms with E-state index in [9.17, 15) is 9.18 Å². The summed E-state index contributed by atoms with van der Waals surface area (Å²) in [5.41, 5.74) is 1.87. The zero-order chi connectivity index (χ0) is 12.6. The Kier molecular flexibility index (Phi) is 2.94. The number of carboxylic acid groups (broad SMARTS) is 1. The highest BCUT2D eigenvalue weighted by Gasteiger charge is 2.29. The van der Waals surface area contributed by atoms with Crippen LogP contribution >= 0.6 is 0 Å². The summed E-state index contributed by atoms with van der Waals surface area (Å²) in [4.78, 5) is 11.0. The molecule has 1 aliphatic carbocycles. The van der Waals surface area contributed by atoms with Crippen LogP contribution in [0.15, 0.2) is 12.1 Å². The Morgan fingerprint density at radius 1 is 1.35 bits per heavy atom. The van der Waals surface area contributed by atoms with Crippen molar-refractivity contribution < 1.29 is 14.3 Å². The van der Waals surface area contributed by atoms with Crippen LogP contribution in [0.3, 0.4) is 0 Å². The Labute approximate surface area is 100 Å². The summed E-state index contributed by atoms with van der Waals surface area (Å²) in [6, 6.07) is 3.43. The molecule has 0 saturated carbocycles. The van der Waals surface area contributed by atoms with Crippen molar-refractivity contribution in [1.82, 2.24) is 0 Å². The standard InChI is InChI=1S/C14H17FO2/c1-14(2,13(16)17)8-11-6-9-4-3-5-10(9)7-12(11)15/h6-7H,3-5,8H2,1-2H3,(H,16,17). The molecule has 0 amide bonds. The van der Waals surface area contributed by atoms with E-state index in [1.54, 1.807) is 19.9 Å².